The molecule has 0 aromatic rings. The molecule has 3 aliphatic carbocycles. The lowest BCUT2D eigenvalue weighted by atomic mass is 9.81. The smallest absolute Gasteiger partial charge is 0.0605 e. The number of ether oxygens (including phenoxy) is 1. The molecule has 0 N–H and O–H groups in total. The molecule has 68 valence electrons. The highest BCUT2D eigenvalue weighted by Crippen LogP contribution is 2.59. The molecule has 3 fully saturated rings. The Hall–Kier alpha value is -0.0400. The molecule has 12 heavy (non-hydrogen) atoms. The maximum absolute atomic E-state index is 5.58. The van der Waals surface area contributed by atoms with Crippen LogP contribution in [-0.2, 0) is 4.74 Å². The van der Waals surface area contributed by atoms with Crippen molar-refractivity contribution in [2.75, 3.05) is 7.11 Å². The number of hydrogen-bond donors (Lipinski definition) is 0. The van der Waals surface area contributed by atoms with Gasteiger partial charge in [-0.2, -0.15) is 0 Å². The van der Waals surface area contributed by atoms with Crippen molar-refractivity contribution in [1.29, 1.82) is 0 Å². The average Bonchev–Trinajstić information content (AvgIpc) is 2.76. The molecular weight excluding hydrogens is 148 g/mol. The van der Waals surface area contributed by atoms with Crippen LogP contribution in [0.25, 0.3) is 0 Å². The topological polar surface area (TPSA) is 9.23 Å². The third kappa shape index (κ3) is 0.783. The van der Waals surface area contributed by atoms with Crippen LogP contribution in [0.1, 0.15) is 32.1 Å². The Balaban J connectivity index is 1.85. The van der Waals surface area contributed by atoms with Crippen LogP contribution in [0, 0.1) is 23.7 Å². The van der Waals surface area contributed by atoms with Crippen molar-refractivity contribution in [3.63, 3.8) is 0 Å². The summed E-state index contributed by atoms with van der Waals surface area (Å²) in [6.45, 7) is 0. The molecule has 0 aromatic carbocycles. The number of fused-ring (bicyclic) bond motifs is 5. The van der Waals surface area contributed by atoms with Crippen molar-refractivity contribution in [2.24, 2.45) is 23.7 Å². The fraction of sp³-hybridized carbons (Fsp3) is 1.00. The molecule has 0 aliphatic heterocycles. The van der Waals surface area contributed by atoms with Gasteiger partial charge in [-0.05, 0) is 55.8 Å². The largest absolute Gasteiger partial charge is 0.381 e. The van der Waals surface area contributed by atoms with Gasteiger partial charge in [-0.25, -0.2) is 0 Å². The Morgan fingerprint density at radius 1 is 1.00 bits per heavy atom. The van der Waals surface area contributed by atoms with Crippen LogP contribution in [0.4, 0.5) is 0 Å². The minimum Gasteiger partial charge on any atom is -0.381 e. The van der Waals surface area contributed by atoms with E-state index in [1.165, 1.54) is 32.1 Å². The first-order valence-electron chi connectivity index (χ1n) is 5.43. The molecule has 3 rings (SSSR count). The first kappa shape index (κ1) is 7.37. The molecule has 0 heterocycles. The summed E-state index contributed by atoms with van der Waals surface area (Å²) in [6, 6.07) is 0. The van der Waals surface area contributed by atoms with Gasteiger partial charge < -0.3 is 4.74 Å². The van der Waals surface area contributed by atoms with Crippen LogP contribution >= 0.6 is 0 Å². The van der Waals surface area contributed by atoms with Gasteiger partial charge in [0.2, 0.25) is 0 Å². The Morgan fingerprint density at radius 2 is 1.83 bits per heavy atom. The summed E-state index contributed by atoms with van der Waals surface area (Å²) < 4.78 is 5.58. The number of hydrogen-bond acceptors (Lipinski definition) is 1. The monoisotopic (exact) mass is 166 g/mol. The Labute approximate surface area is 74.5 Å². The van der Waals surface area contributed by atoms with E-state index in [1.54, 1.807) is 0 Å². The average molecular weight is 166 g/mol. The zero-order chi connectivity index (χ0) is 8.13. The molecule has 5 atom stereocenters. The minimum absolute atomic E-state index is 0.630. The summed E-state index contributed by atoms with van der Waals surface area (Å²) in [6.07, 6.45) is 8.01. The van der Waals surface area contributed by atoms with Crippen LogP contribution < -0.4 is 0 Å². The third-order valence-electron chi connectivity index (χ3n) is 4.67. The predicted molar refractivity (Wildman–Crippen MR) is 47.8 cm³/mol. The molecule has 1 nitrogen and oxygen atoms in total. The minimum atomic E-state index is 0.630. The molecule has 0 radical (unpaired) electrons. The molecule has 0 spiro atoms. The summed E-state index contributed by atoms with van der Waals surface area (Å²) in [7, 11) is 1.90. The van der Waals surface area contributed by atoms with Crippen molar-refractivity contribution in [3.8, 4) is 0 Å². The summed E-state index contributed by atoms with van der Waals surface area (Å²) in [5.41, 5.74) is 0. The maximum Gasteiger partial charge on any atom is 0.0605 e. The van der Waals surface area contributed by atoms with E-state index in [2.05, 4.69) is 0 Å². The Kier molecular flexibility index (Phi) is 1.52. The Bertz CT molecular complexity index is 187. The molecule has 3 saturated carbocycles. The van der Waals surface area contributed by atoms with Gasteiger partial charge in [-0.15, -0.1) is 0 Å². The first-order valence-corrected chi connectivity index (χ1v) is 5.43. The van der Waals surface area contributed by atoms with E-state index in [-0.39, 0.29) is 0 Å². The second kappa shape index (κ2) is 2.47. The zero-order valence-electron chi connectivity index (χ0n) is 7.83. The van der Waals surface area contributed by atoms with Gasteiger partial charge in [0, 0.05) is 7.11 Å². The maximum atomic E-state index is 5.58. The van der Waals surface area contributed by atoms with E-state index in [0.717, 1.165) is 23.7 Å². The SMILES string of the molecule is COC1CCC2C3CCC(C3)C12. The first-order chi connectivity index (χ1) is 5.90. The lowest BCUT2D eigenvalue weighted by Gasteiger charge is -2.27. The van der Waals surface area contributed by atoms with Gasteiger partial charge in [-0.1, -0.05) is 0 Å². The highest BCUT2D eigenvalue weighted by molar-refractivity contribution is 5.02. The van der Waals surface area contributed by atoms with Gasteiger partial charge in [-0.3, -0.25) is 0 Å². The molecule has 0 saturated heterocycles. The van der Waals surface area contributed by atoms with E-state index in [4.69, 9.17) is 4.74 Å². The Morgan fingerprint density at radius 3 is 2.67 bits per heavy atom. The summed E-state index contributed by atoms with van der Waals surface area (Å²) in [5, 5.41) is 0. The summed E-state index contributed by atoms with van der Waals surface area (Å²) in [5.74, 6) is 4.18. The van der Waals surface area contributed by atoms with Crippen molar-refractivity contribution in [2.45, 2.75) is 38.2 Å². The molecule has 2 bridgehead atoms. The zero-order valence-corrected chi connectivity index (χ0v) is 7.83. The van der Waals surface area contributed by atoms with E-state index in [1.807, 2.05) is 7.11 Å². The van der Waals surface area contributed by atoms with E-state index in [9.17, 15) is 0 Å². The normalized spacial score (nSPS) is 56.2. The van der Waals surface area contributed by atoms with E-state index < -0.39 is 0 Å². The van der Waals surface area contributed by atoms with Crippen LogP contribution in [-0.4, -0.2) is 13.2 Å². The summed E-state index contributed by atoms with van der Waals surface area (Å²) in [4.78, 5) is 0. The van der Waals surface area contributed by atoms with Crippen molar-refractivity contribution < 1.29 is 4.74 Å². The predicted octanol–water partition coefficient (Wildman–Crippen LogP) is 2.46. The second-order valence-corrected chi connectivity index (χ2v) is 4.93. The molecule has 0 aromatic heterocycles. The third-order valence-corrected chi connectivity index (χ3v) is 4.67. The van der Waals surface area contributed by atoms with Crippen molar-refractivity contribution >= 4 is 0 Å². The van der Waals surface area contributed by atoms with Gasteiger partial charge in [0.05, 0.1) is 6.10 Å². The molecule has 3 aliphatic rings. The molecule has 5 unspecified atom stereocenters. The van der Waals surface area contributed by atoms with Crippen LogP contribution in [0.3, 0.4) is 0 Å². The van der Waals surface area contributed by atoms with E-state index >= 15 is 0 Å². The van der Waals surface area contributed by atoms with Gasteiger partial charge in [0.15, 0.2) is 0 Å². The summed E-state index contributed by atoms with van der Waals surface area (Å²) >= 11 is 0. The highest BCUT2D eigenvalue weighted by Gasteiger charge is 2.53. The van der Waals surface area contributed by atoms with Crippen LogP contribution in [0.2, 0.25) is 0 Å². The second-order valence-electron chi connectivity index (χ2n) is 4.93. The number of methoxy groups -OCH3 is 1. The van der Waals surface area contributed by atoms with E-state index in [0.29, 0.717) is 6.10 Å². The highest BCUT2D eigenvalue weighted by atomic mass is 16.5. The number of rotatable bonds is 1. The standard InChI is InChI=1S/C11H18O/c1-12-10-5-4-9-7-2-3-8(6-7)11(9)10/h7-11H,2-6H2,1H3. The molecule has 1 heteroatoms. The lowest BCUT2D eigenvalue weighted by molar-refractivity contribution is 0.0403. The van der Waals surface area contributed by atoms with Gasteiger partial charge in [0.1, 0.15) is 0 Å². The lowest BCUT2D eigenvalue weighted by Crippen LogP contribution is -2.26. The fourth-order valence-electron chi connectivity index (χ4n) is 4.29. The van der Waals surface area contributed by atoms with Crippen LogP contribution in [0.15, 0.2) is 0 Å². The molecule has 0 amide bonds. The van der Waals surface area contributed by atoms with Gasteiger partial charge >= 0.3 is 0 Å². The quantitative estimate of drug-likeness (QED) is 0.581. The van der Waals surface area contributed by atoms with Gasteiger partial charge in [0.25, 0.3) is 0 Å². The van der Waals surface area contributed by atoms with Crippen molar-refractivity contribution in [1.82, 2.24) is 0 Å². The van der Waals surface area contributed by atoms with Crippen molar-refractivity contribution in [3.05, 3.63) is 0 Å². The van der Waals surface area contributed by atoms with Crippen LogP contribution in [0.5, 0.6) is 0 Å². The molecular formula is C11H18O. The fourth-order valence-corrected chi connectivity index (χ4v) is 4.29.